The molecule has 0 aliphatic carbocycles. The van der Waals surface area contributed by atoms with E-state index in [9.17, 15) is 4.79 Å². The molecule has 6 nitrogen and oxygen atoms in total. The van der Waals surface area contributed by atoms with Gasteiger partial charge in [0.1, 0.15) is 5.82 Å². The monoisotopic (exact) mass is 238 g/mol. The first-order valence-corrected chi connectivity index (χ1v) is 5.54. The molecule has 0 aliphatic heterocycles. The minimum Gasteiger partial charge on any atom is -0.453 e. The number of rotatable bonds is 5. The van der Waals surface area contributed by atoms with Crippen LogP contribution in [0.25, 0.3) is 0 Å². The second-order valence-electron chi connectivity index (χ2n) is 4.03. The lowest BCUT2D eigenvalue weighted by molar-refractivity contribution is 0.187. The molecule has 0 atom stereocenters. The van der Waals surface area contributed by atoms with Gasteiger partial charge in [0.2, 0.25) is 0 Å². The summed E-state index contributed by atoms with van der Waals surface area (Å²) < 4.78 is 4.44. The van der Waals surface area contributed by atoms with E-state index in [1.165, 1.54) is 7.11 Å². The van der Waals surface area contributed by atoms with Crippen LogP contribution in [0, 0.1) is 5.92 Å². The van der Waals surface area contributed by atoms with E-state index in [0.29, 0.717) is 17.6 Å². The zero-order chi connectivity index (χ0) is 12.7. The molecule has 1 aromatic heterocycles. The quantitative estimate of drug-likeness (QED) is 0.821. The molecule has 2 N–H and O–H groups in total. The van der Waals surface area contributed by atoms with Gasteiger partial charge >= 0.3 is 6.09 Å². The van der Waals surface area contributed by atoms with E-state index in [1.807, 2.05) is 0 Å². The number of hydrogen-bond acceptors (Lipinski definition) is 5. The molecule has 1 heterocycles. The van der Waals surface area contributed by atoms with Gasteiger partial charge in [0.05, 0.1) is 7.11 Å². The molecular weight excluding hydrogens is 220 g/mol. The van der Waals surface area contributed by atoms with E-state index in [-0.39, 0.29) is 0 Å². The molecule has 0 saturated heterocycles. The van der Waals surface area contributed by atoms with Crippen LogP contribution in [-0.2, 0) is 4.74 Å². The minimum absolute atomic E-state index is 0.367. The number of amides is 1. The van der Waals surface area contributed by atoms with E-state index in [0.717, 1.165) is 13.0 Å². The Morgan fingerprint density at radius 1 is 1.35 bits per heavy atom. The highest BCUT2D eigenvalue weighted by Gasteiger charge is 2.02. The second-order valence-corrected chi connectivity index (χ2v) is 4.03. The highest BCUT2D eigenvalue weighted by Crippen LogP contribution is 2.07. The average Bonchev–Trinajstić information content (AvgIpc) is 2.31. The summed E-state index contributed by atoms with van der Waals surface area (Å²) in [5.74, 6) is 1.71. The van der Waals surface area contributed by atoms with Gasteiger partial charge in [-0.2, -0.15) is 0 Å². The zero-order valence-electron chi connectivity index (χ0n) is 10.4. The third kappa shape index (κ3) is 5.14. The predicted molar refractivity (Wildman–Crippen MR) is 66.0 cm³/mol. The molecule has 1 aromatic rings. The number of anilines is 2. The average molecular weight is 238 g/mol. The first-order chi connectivity index (χ1) is 8.11. The summed E-state index contributed by atoms with van der Waals surface area (Å²) in [4.78, 5) is 10.9. The summed E-state index contributed by atoms with van der Waals surface area (Å²) in [6, 6.07) is 3.43. The Kier molecular flexibility index (Phi) is 5.19. The summed E-state index contributed by atoms with van der Waals surface area (Å²) >= 11 is 0. The van der Waals surface area contributed by atoms with Gasteiger partial charge in [-0.3, -0.25) is 5.32 Å². The van der Waals surface area contributed by atoms with Crippen molar-refractivity contribution in [2.24, 2.45) is 5.92 Å². The molecule has 94 valence electrons. The molecule has 1 rings (SSSR count). The Morgan fingerprint density at radius 3 is 2.53 bits per heavy atom. The van der Waals surface area contributed by atoms with Gasteiger partial charge in [-0.1, -0.05) is 13.8 Å². The SMILES string of the molecule is COC(=O)Nc1ccc(NCCC(C)C)nn1. The van der Waals surface area contributed by atoms with Gasteiger partial charge in [0, 0.05) is 6.54 Å². The van der Waals surface area contributed by atoms with Crippen molar-refractivity contribution in [2.75, 3.05) is 24.3 Å². The first-order valence-electron chi connectivity index (χ1n) is 5.54. The first kappa shape index (κ1) is 13.2. The zero-order valence-corrected chi connectivity index (χ0v) is 10.4. The molecule has 0 unspecified atom stereocenters. The molecule has 0 aromatic carbocycles. The van der Waals surface area contributed by atoms with Crippen LogP contribution in [0.2, 0.25) is 0 Å². The molecule has 1 amide bonds. The number of aromatic nitrogens is 2. The number of methoxy groups -OCH3 is 1. The highest BCUT2D eigenvalue weighted by molar-refractivity contribution is 5.83. The third-order valence-electron chi connectivity index (χ3n) is 2.11. The van der Waals surface area contributed by atoms with Crippen LogP contribution in [-0.4, -0.2) is 29.9 Å². The lowest BCUT2D eigenvalue weighted by atomic mass is 10.1. The van der Waals surface area contributed by atoms with Gasteiger partial charge in [-0.15, -0.1) is 10.2 Å². The molecular formula is C11H18N4O2. The van der Waals surface area contributed by atoms with Gasteiger partial charge in [0.25, 0.3) is 0 Å². The van der Waals surface area contributed by atoms with E-state index in [4.69, 9.17) is 0 Å². The number of carbonyl (C=O) groups excluding carboxylic acids is 1. The van der Waals surface area contributed by atoms with Crippen LogP contribution < -0.4 is 10.6 Å². The van der Waals surface area contributed by atoms with Crippen LogP contribution in [0.5, 0.6) is 0 Å². The molecule has 6 heteroatoms. The topological polar surface area (TPSA) is 76.1 Å². The van der Waals surface area contributed by atoms with Crippen molar-refractivity contribution in [1.82, 2.24) is 10.2 Å². The molecule has 0 radical (unpaired) electrons. The van der Waals surface area contributed by atoms with Gasteiger partial charge in [-0.25, -0.2) is 4.79 Å². The van der Waals surface area contributed by atoms with E-state index in [1.54, 1.807) is 12.1 Å². The Hall–Kier alpha value is -1.85. The van der Waals surface area contributed by atoms with Crippen molar-refractivity contribution in [3.8, 4) is 0 Å². The van der Waals surface area contributed by atoms with Crippen LogP contribution in [0.15, 0.2) is 12.1 Å². The number of hydrogen-bond donors (Lipinski definition) is 2. The van der Waals surface area contributed by atoms with Crippen molar-refractivity contribution >= 4 is 17.7 Å². The van der Waals surface area contributed by atoms with Crippen molar-refractivity contribution in [2.45, 2.75) is 20.3 Å². The minimum atomic E-state index is -0.556. The Labute approximate surface area is 101 Å². The lowest BCUT2D eigenvalue weighted by Crippen LogP contribution is -2.13. The summed E-state index contributed by atoms with van der Waals surface area (Å²) in [5.41, 5.74) is 0. The molecule has 0 spiro atoms. The van der Waals surface area contributed by atoms with E-state index >= 15 is 0 Å². The highest BCUT2D eigenvalue weighted by atomic mass is 16.5. The molecule has 0 saturated carbocycles. The standard InChI is InChI=1S/C11H18N4O2/c1-8(2)6-7-12-9-4-5-10(15-14-9)13-11(16)17-3/h4-5,8H,6-7H2,1-3H3,(H,12,14)(H,13,15,16). The Morgan fingerprint density at radius 2 is 2.00 bits per heavy atom. The Bertz CT molecular complexity index is 351. The molecule has 17 heavy (non-hydrogen) atoms. The molecule has 0 fully saturated rings. The predicted octanol–water partition coefficient (Wildman–Crippen LogP) is 2.11. The summed E-state index contributed by atoms with van der Waals surface area (Å²) in [7, 11) is 1.30. The number of ether oxygens (including phenoxy) is 1. The van der Waals surface area contributed by atoms with E-state index in [2.05, 4.69) is 39.4 Å². The maximum atomic E-state index is 10.9. The van der Waals surface area contributed by atoms with Gasteiger partial charge in [-0.05, 0) is 24.5 Å². The molecule has 0 aliphatic rings. The van der Waals surface area contributed by atoms with Crippen molar-refractivity contribution in [3.05, 3.63) is 12.1 Å². The van der Waals surface area contributed by atoms with Crippen molar-refractivity contribution in [3.63, 3.8) is 0 Å². The second kappa shape index (κ2) is 6.67. The maximum Gasteiger partial charge on any atom is 0.412 e. The summed E-state index contributed by atoms with van der Waals surface area (Å²) in [6.45, 7) is 5.18. The molecule has 0 bridgehead atoms. The van der Waals surface area contributed by atoms with Crippen LogP contribution in [0.1, 0.15) is 20.3 Å². The maximum absolute atomic E-state index is 10.9. The normalized spacial score (nSPS) is 10.1. The summed E-state index contributed by atoms with van der Waals surface area (Å²) in [5, 5.41) is 13.4. The van der Waals surface area contributed by atoms with Gasteiger partial charge < -0.3 is 10.1 Å². The van der Waals surface area contributed by atoms with Crippen LogP contribution in [0.3, 0.4) is 0 Å². The largest absolute Gasteiger partial charge is 0.453 e. The van der Waals surface area contributed by atoms with E-state index < -0.39 is 6.09 Å². The third-order valence-corrected chi connectivity index (χ3v) is 2.11. The van der Waals surface area contributed by atoms with Crippen molar-refractivity contribution in [1.29, 1.82) is 0 Å². The number of nitrogens with one attached hydrogen (secondary N) is 2. The fraction of sp³-hybridized carbons (Fsp3) is 0.545. The number of carbonyl (C=O) groups is 1. The number of nitrogens with zero attached hydrogens (tertiary/aromatic N) is 2. The van der Waals surface area contributed by atoms with Crippen LogP contribution in [0.4, 0.5) is 16.4 Å². The summed E-state index contributed by atoms with van der Waals surface area (Å²) in [6.07, 6.45) is 0.518. The van der Waals surface area contributed by atoms with Crippen molar-refractivity contribution < 1.29 is 9.53 Å². The fourth-order valence-electron chi connectivity index (χ4n) is 1.14. The van der Waals surface area contributed by atoms with Gasteiger partial charge in [0.15, 0.2) is 5.82 Å². The van der Waals surface area contributed by atoms with Crippen LogP contribution >= 0.6 is 0 Å². The fourth-order valence-corrected chi connectivity index (χ4v) is 1.14. The lowest BCUT2D eigenvalue weighted by Gasteiger charge is -2.07. The smallest absolute Gasteiger partial charge is 0.412 e. The Balaban J connectivity index is 2.42.